The van der Waals surface area contributed by atoms with Gasteiger partial charge in [0.1, 0.15) is 5.02 Å². The second-order valence-corrected chi connectivity index (χ2v) is 10.8. The number of carbonyl (C=O) groups excluding carboxylic acids is 2. The van der Waals surface area contributed by atoms with Gasteiger partial charge in [-0.15, -0.1) is 0 Å². The fourth-order valence-corrected chi connectivity index (χ4v) is 5.95. The van der Waals surface area contributed by atoms with E-state index in [0.717, 1.165) is 11.1 Å². The fraction of sp³-hybridized carbons (Fsp3) is 0.250. The van der Waals surface area contributed by atoms with E-state index in [4.69, 9.17) is 21.1 Å². The van der Waals surface area contributed by atoms with E-state index >= 15 is 0 Å². The molecule has 10 heteroatoms. The molecule has 1 aliphatic heterocycles. The molecule has 216 valence electrons. The van der Waals surface area contributed by atoms with Crippen molar-refractivity contribution in [2.24, 2.45) is 0 Å². The summed E-state index contributed by atoms with van der Waals surface area (Å²) < 4.78 is 10.8. The van der Waals surface area contributed by atoms with Crippen LogP contribution in [0.25, 0.3) is 0 Å². The topological polar surface area (TPSA) is 120 Å². The second-order valence-electron chi connectivity index (χ2n) is 10.4. The Morgan fingerprint density at radius 3 is 2.40 bits per heavy atom. The van der Waals surface area contributed by atoms with Crippen LogP contribution in [0.3, 0.4) is 0 Å². The molecule has 1 heterocycles. The number of ketones is 1. The number of halogens is 1. The molecule has 0 spiro atoms. The molecule has 1 aliphatic carbocycles. The molecule has 9 nitrogen and oxygen atoms in total. The molecule has 0 unspecified atom stereocenters. The number of rotatable bonds is 7. The number of hydrogen-bond acceptors (Lipinski definition) is 7. The number of methoxy groups -OCH3 is 2. The van der Waals surface area contributed by atoms with Gasteiger partial charge in [0.25, 0.3) is 11.6 Å². The Balaban J connectivity index is 1.60. The first-order valence-electron chi connectivity index (χ1n) is 13.4. The first kappa shape index (κ1) is 28.9. The zero-order valence-corrected chi connectivity index (χ0v) is 24.4. The Morgan fingerprint density at radius 2 is 1.71 bits per heavy atom. The summed E-state index contributed by atoms with van der Waals surface area (Å²) in [6.45, 7) is 3.66. The van der Waals surface area contributed by atoms with E-state index < -0.39 is 16.7 Å². The number of carbonyl (C=O) groups is 2. The molecule has 0 saturated heterocycles. The lowest BCUT2D eigenvalue weighted by Crippen LogP contribution is -2.37. The molecular weight excluding hydrogens is 558 g/mol. The Kier molecular flexibility index (Phi) is 8.04. The Morgan fingerprint density at radius 1 is 1.00 bits per heavy atom. The third-order valence-electron chi connectivity index (χ3n) is 7.84. The van der Waals surface area contributed by atoms with E-state index in [1.54, 1.807) is 33.3 Å². The van der Waals surface area contributed by atoms with Crippen LogP contribution in [0.2, 0.25) is 5.02 Å². The van der Waals surface area contributed by atoms with Crippen LogP contribution >= 0.6 is 11.6 Å². The number of allylic oxidation sites excluding steroid dienone is 3. The van der Waals surface area contributed by atoms with Gasteiger partial charge in [-0.1, -0.05) is 41.9 Å². The first-order valence-corrected chi connectivity index (χ1v) is 13.8. The lowest BCUT2D eigenvalue weighted by atomic mass is 9.71. The Hall–Kier alpha value is -4.63. The van der Waals surface area contributed by atoms with Crippen LogP contribution < -0.4 is 20.1 Å². The molecule has 2 atom stereocenters. The monoisotopic (exact) mass is 587 g/mol. The number of dihydropyridines is 1. The van der Waals surface area contributed by atoms with Gasteiger partial charge in [0.2, 0.25) is 0 Å². The average Bonchev–Trinajstić information content (AvgIpc) is 2.97. The molecule has 3 aromatic carbocycles. The summed E-state index contributed by atoms with van der Waals surface area (Å²) in [6.07, 6.45) is 0.681. The summed E-state index contributed by atoms with van der Waals surface area (Å²) in [7, 11) is 3.12. The number of nitrogens with one attached hydrogen (secondary N) is 2. The molecular formula is C32H30ClN3O6. The molecule has 0 aromatic heterocycles. The highest BCUT2D eigenvalue weighted by Gasteiger charge is 2.41. The largest absolute Gasteiger partial charge is 0.493 e. The summed E-state index contributed by atoms with van der Waals surface area (Å²) in [4.78, 5) is 39.1. The highest BCUT2D eigenvalue weighted by molar-refractivity contribution is 6.32. The van der Waals surface area contributed by atoms with Crippen molar-refractivity contribution in [3.05, 3.63) is 115 Å². The van der Waals surface area contributed by atoms with Crippen LogP contribution in [0, 0.1) is 17.0 Å². The molecule has 0 saturated carbocycles. The number of nitrogens with zero attached hydrogens (tertiary/aromatic N) is 1. The van der Waals surface area contributed by atoms with Crippen LogP contribution in [0.5, 0.6) is 11.5 Å². The lowest BCUT2D eigenvalue weighted by Gasteiger charge is -2.37. The molecule has 3 aromatic rings. The number of Topliss-reactive ketones (excluding diaryl/α,β-unsaturated/α-hetero) is 1. The minimum absolute atomic E-state index is 0.0259. The van der Waals surface area contributed by atoms with Gasteiger partial charge < -0.3 is 20.1 Å². The molecule has 2 aliphatic rings. The molecule has 0 radical (unpaired) electrons. The van der Waals surface area contributed by atoms with Crippen molar-refractivity contribution >= 4 is 34.7 Å². The highest BCUT2D eigenvalue weighted by atomic mass is 35.5. The number of amides is 1. The fourth-order valence-electron chi connectivity index (χ4n) is 5.77. The van der Waals surface area contributed by atoms with Crippen molar-refractivity contribution in [2.75, 3.05) is 19.5 Å². The smallest absolute Gasteiger partial charge is 0.288 e. The zero-order valence-electron chi connectivity index (χ0n) is 23.6. The Labute approximate surface area is 248 Å². The number of ether oxygens (including phenoxy) is 2. The molecule has 2 N–H and O–H groups in total. The number of nitro groups is 1. The first-order chi connectivity index (χ1) is 20.1. The molecule has 5 rings (SSSR count). The van der Waals surface area contributed by atoms with Gasteiger partial charge in [-0.2, -0.15) is 0 Å². The minimum Gasteiger partial charge on any atom is -0.493 e. The van der Waals surface area contributed by atoms with Gasteiger partial charge in [0.05, 0.1) is 19.1 Å². The van der Waals surface area contributed by atoms with Crippen LogP contribution in [-0.2, 0) is 9.59 Å². The number of benzene rings is 3. The summed E-state index contributed by atoms with van der Waals surface area (Å²) in [6, 6.07) is 17.4. The van der Waals surface area contributed by atoms with Crippen molar-refractivity contribution in [1.82, 2.24) is 5.32 Å². The quantitative estimate of drug-likeness (QED) is 0.237. The van der Waals surface area contributed by atoms with Gasteiger partial charge in [-0.25, -0.2) is 0 Å². The van der Waals surface area contributed by atoms with Crippen molar-refractivity contribution < 1.29 is 24.0 Å². The predicted molar refractivity (Wildman–Crippen MR) is 160 cm³/mol. The zero-order chi connectivity index (χ0) is 30.1. The van der Waals surface area contributed by atoms with Gasteiger partial charge in [-0.3, -0.25) is 19.7 Å². The van der Waals surface area contributed by atoms with E-state index in [0.29, 0.717) is 51.7 Å². The summed E-state index contributed by atoms with van der Waals surface area (Å²) in [5.74, 6) is -0.389. The maximum Gasteiger partial charge on any atom is 0.288 e. The third-order valence-corrected chi connectivity index (χ3v) is 8.16. The normalized spacial score (nSPS) is 18.3. The molecule has 1 amide bonds. The number of hydrogen-bond donors (Lipinski definition) is 2. The molecule has 42 heavy (non-hydrogen) atoms. The number of aryl methyl sites for hydroxylation is 1. The van der Waals surface area contributed by atoms with Crippen LogP contribution in [-0.4, -0.2) is 30.8 Å². The van der Waals surface area contributed by atoms with Gasteiger partial charge >= 0.3 is 0 Å². The Bertz CT molecular complexity index is 1680. The lowest BCUT2D eigenvalue weighted by molar-refractivity contribution is -0.384. The standard InChI is InChI=1S/C32H30ClN3O6/c1-17-7-5-6-8-23(17)35-32(38)29-18(2)34-24-13-21(19-10-12-27(41-3)28(16-19)42-4)15-26(37)31(24)30(29)20-9-11-22(33)25(14-20)36(39)40/h5-12,14,16,21,30,34H,13,15H2,1-4H3,(H,35,38)/t21-,30+/m0/s1. The highest BCUT2D eigenvalue weighted by Crippen LogP contribution is 2.47. The van der Waals surface area contributed by atoms with E-state index in [2.05, 4.69) is 10.6 Å². The van der Waals surface area contributed by atoms with Gasteiger partial charge in [0, 0.05) is 46.6 Å². The van der Waals surface area contributed by atoms with Crippen molar-refractivity contribution in [3.63, 3.8) is 0 Å². The van der Waals surface area contributed by atoms with Crippen molar-refractivity contribution in [1.29, 1.82) is 0 Å². The number of anilines is 1. The summed E-state index contributed by atoms with van der Waals surface area (Å²) in [5.41, 5.74) is 4.53. The summed E-state index contributed by atoms with van der Waals surface area (Å²) in [5, 5.41) is 18.1. The predicted octanol–water partition coefficient (Wildman–Crippen LogP) is 6.57. The maximum atomic E-state index is 14.0. The van der Waals surface area contributed by atoms with Crippen LogP contribution in [0.15, 0.2) is 83.2 Å². The van der Waals surface area contributed by atoms with Crippen LogP contribution in [0.1, 0.15) is 48.3 Å². The van der Waals surface area contributed by atoms with Crippen LogP contribution in [0.4, 0.5) is 11.4 Å². The van der Waals surface area contributed by atoms with E-state index in [1.165, 1.54) is 12.1 Å². The van der Waals surface area contributed by atoms with E-state index in [1.807, 2.05) is 43.3 Å². The molecule has 0 bridgehead atoms. The van der Waals surface area contributed by atoms with Gasteiger partial charge in [-0.05, 0) is 67.1 Å². The number of para-hydroxylation sites is 1. The number of nitro benzene ring substituents is 1. The van der Waals surface area contributed by atoms with Gasteiger partial charge in [0.15, 0.2) is 17.3 Å². The van der Waals surface area contributed by atoms with E-state index in [-0.39, 0.29) is 28.8 Å². The van der Waals surface area contributed by atoms with Crippen molar-refractivity contribution in [3.8, 4) is 11.5 Å². The minimum atomic E-state index is -0.833. The average molecular weight is 588 g/mol. The molecule has 0 fully saturated rings. The third kappa shape index (κ3) is 5.35. The van der Waals surface area contributed by atoms with Crippen molar-refractivity contribution in [2.45, 2.75) is 38.5 Å². The summed E-state index contributed by atoms with van der Waals surface area (Å²) >= 11 is 6.14. The second kappa shape index (κ2) is 11.7. The van der Waals surface area contributed by atoms with E-state index in [9.17, 15) is 19.7 Å². The SMILES string of the molecule is COc1ccc([C@@H]2CC(=O)C3=C(C2)NC(C)=C(C(=O)Nc2ccccc2C)[C@H]3c2ccc(Cl)c([N+](=O)[O-])c2)cc1OC. The maximum absolute atomic E-state index is 14.0.